The van der Waals surface area contributed by atoms with Crippen molar-refractivity contribution in [2.75, 3.05) is 12.4 Å². The summed E-state index contributed by atoms with van der Waals surface area (Å²) >= 11 is 17.1. The molecule has 0 aliphatic carbocycles. The van der Waals surface area contributed by atoms with E-state index in [1.807, 2.05) is 13.8 Å². The number of phenolic OH excluding ortho intramolecular Hbond substituents is 1. The van der Waals surface area contributed by atoms with Gasteiger partial charge in [-0.05, 0) is 61.5 Å². The van der Waals surface area contributed by atoms with Crippen LogP contribution in [0.5, 0.6) is 11.5 Å². The zero-order chi connectivity index (χ0) is 18.7. The molecule has 1 amide bonds. The average Bonchev–Trinajstić information content (AvgIpc) is 2.51. The number of hydrogen-bond donors (Lipinski definition) is 3. The van der Waals surface area contributed by atoms with E-state index in [1.54, 1.807) is 12.1 Å². The second kappa shape index (κ2) is 7.91. The molecular weight excluding hydrogens is 383 g/mol. The maximum atomic E-state index is 12.4. The van der Waals surface area contributed by atoms with Gasteiger partial charge in [0.25, 0.3) is 5.91 Å². The fourth-order valence-electron chi connectivity index (χ4n) is 2.16. The van der Waals surface area contributed by atoms with E-state index in [0.29, 0.717) is 10.7 Å². The highest BCUT2D eigenvalue weighted by Crippen LogP contribution is 2.32. The van der Waals surface area contributed by atoms with Crippen LogP contribution >= 0.6 is 35.4 Å². The molecule has 8 heteroatoms. The number of carbonyl (C=O) groups excluding carboxylic acids is 1. The van der Waals surface area contributed by atoms with E-state index in [2.05, 4.69) is 10.6 Å². The SMILES string of the molecule is COc1c(Cl)cc(Cl)cc1C(=O)NC(=S)Nc1cc(C)c(C)cc1O. The van der Waals surface area contributed by atoms with Crippen molar-refractivity contribution >= 4 is 52.1 Å². The van der Waals surface area contributed by atoms with E-state index in [9.17, 15) is 9.90 Å². The number of anilines is 1. The van der Waals surface area contributed by atoms with Gasteiger partial charge in [0.1, 0.15) is 11.5 Å². The van der Waals surface area contributed by atoms with E-state index in [0.717, 1.165) is 11.1 Å². The van der Waals surface area contributed by atoms with Crippen molar-refractivity contribution in [2.45, 2.75) is 13.8 Å². The number of amides is 1. The third-order valence-corrected chi connectivity index (χ3v) is 4.25. The Balaban J connectivity index is 2.19. The van der Waals surface area contributed by atoms with Gasteiger partial charge < -0.3 is 15.2 Å². The smallest absolute Gasteiger partial charge is 0.261 e. The van der Waals surface area contributed by atoms with Crippen molar-refractivity contribution < 1.29 is 14.6 Å². The molecule has 0 aliphatic heterocycles. The van der Waals surface area contributed by atoms with Crippen molar-refractivity contribution in [1.82, 2.24) is 5.32 Å². The Bertz CT molecular complexity index is 856. The lowest BCUT2D eigenvalue weighted by Crippen LogP contribution is -2.34. The molecule has 0 atom stereocenters. The molecule has 2 rings (SSSR count). The number of aromatic hydroxyl groups is 1. The van der Waals surface area contributed by atoms with Crippen LogP contribution in [0.4, 0.5) is 5.69 Å². The van der Waals surface area contributed by atoms with Gasteiger partial charge in [-0.3, -0.25) is 10.1 Å². The van der Waals surface area contributed by atoms with E-state index < -0.39 is 5.91 Å². The molecule has 132 valence electrons. The Kier molecular flexibility index (Phi) is 6.11. The molecule has 0 aliphatic rings. The summed E-state index contributed by atoms with van der Waals surface area (Å²) in [6.07, 6.45) is 0. The maximum Gasteiger partial charge on any atom is 0.261 e. The summed E-state index contributed by atoms with van der Waals surface area (Å²) in [5.41, 5.74) is 2.45. The molecule has 0 heterocycles. The average molecular weight is 399 g/mol. The monoisotopic (exact) mass is 398 g/mol. The van der Waals surface area contributed by atoms with Gasteiger partial charge in [0.2, 0.25) is 0 Å². The minimum Gasteiger partial charge on any atom is -0.506 e. The van der Waals surface area contributed by atoms with Gasteiger partial charge in [-0.15, -0.1) is 0 Å². The van der Waals surface area contributed by atoms with E-state index >= 15 is 0 Å². The number of methoxy groups -OCH3 is 1. The number of thiocarbonyl (C=S) groups is 1. The summed E-state index contributed by atoms with van der Waals surface area (Å²) in [5.74, 6) is -0.314. The first-order valence-electron chi connectivity index (χ1n) is 7.18. The molecule has 25 heavy (non-hydrogen) atoms. The van der Waals surface area contributed by atoms with Gasteiger partial charge in [0.15, 0.2) is 5.11 Å². The normalized spacial score (nSPS) is 10.3. The van der Waals surface area contributed by atoms with Crippen LogP contribution < -0.4 is 15.4 Å². The molecular formula is C17H16Cl2N2O3S. The number of aryl methyl sites for hydroxylation is 2. The summed E-state index contributed by atoms with van der Waals surface area (Å²) < 4.78 is 5.15. The van der Waals surface area contributed by atoms with Gasteiger partial charge >= 0.3 is 0 Å². The topological polar surface area (TPSA) is 70.6 Å². The number of carbonyl (C=O) groups is 1. The number of nitrogens with one attached hydrogen (secondary N) is 2. The molecule has 0 aromatic heterocycles. The molecule has 5 nitrogen and oxygen atoms in total. The number of rotatable bonds is 3. The minimum absolute atomic E-state index is 0.0155. The summed E-state index contributed by atoms with van der Waals surface area (Å²) in [5, 5.41) is 15.8. The van der Waals surface area contributed by atoms with Crippen molar-refractivity contribution in [3.8, 4) is 11.5 Å². The van der Waals surface area contributed by atoms with Crippen LogP contribution in [0.3, 0.4) is 0 Å². The predicted molar refractivity (Wildman–Crippen MR) is 104 cm³/mol. The molecule has 3 N–H and O–H groups in total. The summed E-state index contributed by atoms with van der Waals surface area (Å²) in [6, 6.07) is 6.25. The molecule has 0 fully saturated rings. The van der Waals surface area contributed by atoms with Crippen LogP contribution in [-0.4, -0.2) is 23.2 Å². The lowest BCUT2D eigenvalue weighted by atomic mass is 10.1. The number of ether oxygens (including phenoxy) is 1. The fourth-order valence-corrected chi connectivity index (χ4v) is 2.93. The minimum atomic E-state index is -0.540. The van der Waals surface area contributed by atoms with Crippen LogP contribution in [0.1, 0.15) is 21.5 Å². The lowest BCUT2D eigenvalue weighted by Gasteiger charge is -2.14. The van der Waals surface area contributed by atoms with Crippen LogP contribution in [0, 0.1) is 13.8 Å². The first kappa shape index (κ1) is 19.3. The Morgan fingerprint density at radius 3 is 2.44 bits per heavy atom. The Labute approximate surface area is 160 Å². The first-order chi connectivity index (χ1) is 11.7. The Hall–Kier alpha value is -2.02. The molecule has 0 saturated heterocycles. The lowest BCUT2D eigenvalue weighted by molar-refractivity contribution is 0.0974. The molecule has 0 radical (unpaired) electrons. The molecule has 2 aromatic rings. The largest absolute Gasteiger partial charge is 0.506 e. The maximum absolute atomic E-state index is 12.4. The van der Waals surface area contributed by atoms with E-state index in [-0.39, 0.29) is 27.2 Å². The third-order valence-electron chi connectivity index (χ3n) is 3.54. The van der Waals surface area contributed by atoms with Crippen molar-refractivity contribution in [2.24, 2.45) is 0 Å². The van der Waals surface area contributed by atoms with Crippen molar-refractivity contribution in [3.05, 3.63) is 51.0 Å². The van der Waals surface area contributed by atoms with E-state index in [4.69, 9.17) is 40.2 Å². The predicted octanol–water partition coefficient (Wildman–Crippen LogP) is 4.45. The van der Waals surface area contributed by atoms with Gasteiger partial charge in [0, 0.05) is 5.02 Å². The Morgan fingerprint density at radius 2 is 1.80 bits per heavy atom. The summed E-state index contributed by atoms with van der Waals surface area (Å²) in [6.45, 7) is 3.79. The Morgan fingerprint density at radius 1 is 1.16 bits per heavy atom. The molecule has 2 aromatic carbocycles. The standard InChI is InChI=1S/C17H16Cl2N2O3S/c1-8-4-13(14(22)5-9(8)2)20-17(25)21-16(23)11-6-10(18)7-12(19)15(11)24-3/h4-7,22H,1-3H3,(H2,20,21,23,25). The van der Waals surface area contributed by atoms with Crippen molar-refractivity contribution in [1.29, 1.82) is 0 Å². The molecule has 0 saturated carbocycles. The molecule has 0 spiro atoms. The molecule has 0 bridgehead atoms. The summed E-state index contributed by atoms with van der Waals surface area (Å²) in [4.78, 5) is 12.4. The van der Waals surface area contributed by atoms with Crippen LogP contribution in [0.25, 0.3) is 0 Å². The zero-order valence-corrected chi connectivity index (χ0v) is 16.1. The zero-order valence-electron chi connectivity index (χ0n) is 13.7. The van der Waals surface area contributed by atoms with Gasteiger partial charge in [-0.2, -0.15) is 0 Å². The van der Waals surface area contributed by atoms with Crippen molar-refractivity contribution in [3.63, 3.8) is 0 Å². The number of benzene rings is 2. The second-order valence-corrected chi connectivity index (χ2v) is 6.58. The van der Waals surface area contributed by atoms with Crippen LogP contribution in [0.15, 0.2) is 24.3 Å². The third kappa shape index (κ3) is 4.54. The van der Waals surface area contributed by atoms with Gasteiger partial charge in [-0.1, -0.05) is 23.2 Å². The highest BCUT2D eigenvalue weighted by molar-refractivity contribution is 7.80. The highest BCUT2D eigenvalue weighted by atomic mass is 35.5. The van der Waals surface area contributed by atoms with E-state index in [1.165, 1.54) is 19.2 Å². The fraction of sp³-hybridized carbons (Fsp3) is 0.176. The quantitative estimate of drug-likeness (QED) is 0.526. The second-order valence-electron chi connectivity index (χ2n) is 5.33. The first-order valence-corrected chi connectivity index (χ1v) is 8.35. The van der Waals surface area contributed by atoms with Gasteiger partial charge in [0.05, 0.1) is 23.4 Å². The van der Waals surface area contributed by atoms with Crippen LogP contribution in [0.2, 0.25) is 10.0 Å². The number of halogens is 2. The molecule has 0 unspecified atom stereocenters. The summed E-state index contributed by atoms with van der Waals surface area (Å²) in [7, 11) is 1.40. The highest BCUT2D eigenvalue weighted by Gasteiger charge is 2.18. The number of hydrogen-bond acceptors (Lipinski definition) is 4. The van der Waals surface area contributed by atoms with Gasteiger partial charge in [-0.25, -0.2) is 0 Å². The van der Waals surface area contributed by atoms with Crippen LogP contribution in [-0.2, 0) is 0 Å². The number of phenols is 1.